The highest BCUT2D eigenvalue weighted by molar-refractivity contribution is 8.03. The smallest absolute Gasteiger partial charge is 0.269 e. The van der Waals surface area contributed by atoms with Crippen LogP contribution in [0.3, 0.4) is 0 Å². The summed E-state index contributed by atoms with van der Waals surface area (Å²) in [6.45, 7) is 2.03. The summed E-state index contributed by atoms with van der Waals surface area (Å²) < 4.78 is 0. The first-order valence-electron chi connectivity index (χ1n) is 8.05. The number of hydrogen-bond acceptors (Lipinski definition) is 5. The van der Waals surface area contributed by atoms with Crippen LogP contribution in [0.1, 0.15) is 18.1 Å². The minimum Gasteiger partial charge on any atom is -0.274 e. The van der Waals surface area contributed by atoms with Crippen LogP contribution in [0.2, 0.25) is 0 Å². The van der Waals surface area contributed by atoms with Crippen LogP contribution in [0.25, 0.3) is 5.57 Å². The first-order chi connectivity index (χ1) is 12.5. The first kappa shape index (κ1) is 17.9. The fourth-order valence-electron chi connectivity index (χ4n) is 2.71. The van der Waals surface area contributed by atoms with E-state index in [0.29, 0.717) is 21.8 Å². The van der Waals surface area contributed by atoms with E-state index in [1.165, 1.54) is 40.9 Å². The molecule has 0 saturated heterocycles. The number of amides is 2. The predicted molar refractivity (Wildman–Crippen MR) is 100 cm³/mol. The second kappa shape index (κ2) is 7.53. The van der Waals surface area contributed by atoms with Gasteiger partial charge in [-0.25, -0.2) is 0 Å². The van der Waals surface area contributed by atoms with Gasteiger partial charge in [0.2, 0.25) is 0 Å². The maximum atomic E-state index is 12.7. The van der Waals surface area contributed by atoms with Gasteiger partial charge in [0, 0.05) is 24.4 Å². The summed E-state index contributed by atoms with van der Waals surface area (Å²) in [5.41, 5.74) is 1.81. The zero-order valence-corrected chi connectivity index (χ0v) is 14.9. The zero-order chi connectivity index (χ0) is 18.7. The van der Waals surface area contributed by atoms with Crippen molar-refractivity contribution in [1.82, 2.24) is 4.90 Å². The summed E-state index contributed by atoms with van der Waals surface area (Å²) in [6.07, 6.45) is 0. The molecule has 2 amide bonds. The second-order valence-electron chi connectivity index (χ2n) is 5.64. The number of carbonyl (C=O) groups excluding carboxylic acids is 2. The zero-order valence-electron chi connectivity index (χ0n) is 14.0. The van der Waals surface area contributed by atoms with Crippen LogP contribution in [0.4, 0.5) is 5.69 Å². The van der Waals surface area contributed by atoms with Crippen molar-refractivity contribution >= 4 is 34.8 Å². The van der Waals surface area contributed by atoms with Crippen LogP contribution in [0.5, 0.6) is 0 Å². The van der Waals surface area contributed by atoms with Crippen LogP contribution in [-0.2, 0) is 15.3 Å². The normalized spacial score (nSPS) is 14.3. The number of non-ortho nitro benzene ring substituents is 1. The van der Waals surface area contributed by atoms with Crippen molar-refractivity contribution in [2.75, 3.05) is 6.54 Å². The lowest BCUT2D eigenvalue weighted by Gasteiger charge is -2.11. The molecule has 0 saturated carbocycles. The number of hydrogen-bond donors (Lipinski definition) is 0. The number of nitrogens with zero attached hydrogens (tertiary/aromatic N) is 2. The number of thioether (sulfide) groups is 1. The highest BCUT2D eigenvalue weighted by atomic mass is 32.2. The highest BCUT2D eigenvalue weighted by Crippen LogP contribution is 2.37. The Labute approximate surface area is 154 Å². The summed E-state index contributed by atoms with van der Waals surface area (Å²) >= 11 is 1.32. The van der Waals surface area contributed by atoms with Gasteiger partial charge >= 0.3 is 0 Å². The second-order valence-corrected chi connectivity index (χ2v) is 6.62. The van der Waals surface area contributed by atoms with E-state index in [1.54, 1.807) is 6.92 Å². The average Bonchev–Trinajstić information content (AvgIpc) is 2.90. The van der Waals surface area contributed by atoms with Gasteiger partial charge in [0.05, 0.1) is 15.4 Å². The molecular weight excluding hydrogens is 352 g/mol. The molecule has 0 fully saturated rings. The summed E-state index contributed by atoms with van der Waals surface area (Å²) in [4.78, 5) is 37.3. The van der Waals surface area contributed by atoms with Crippen molar-refractivity contribution < 1.29 is 14.5 Å². The SMILES string of the molecule is CCN1C(=O)C(SCc2ccccc2)=C(c2ccc([N+](=O)[O-])cc2)C1=O. The number of nitro groups is 1. The van der Waals surface area contributed by atoms with E-state index in [-0.39, 0.29) is 24.0 Å². The Morgan fingerprint density at radius 1 is 1.00 bits per heavy atom. The monoisotopic (exact) mass is 368 g/mol. The van der Waals surface area contributed by atoms with E-state index in [4.69, 9.17) is 0 Å². The molecule has 1 aliphatic rings. The summed E-state index contributed by atoms with van der Waals surface area (Å²) in [6, 6.07) is 15.4. The van der Waals surface area contributed by atoms with Gasteiger partial charge in [0.25, 0.3) is 17.5 Å². The van der Waals surface area contributed by atoms with Crippen molar-refractivity contribution in [2.24, 2.45) is 0 Å². The van der Waals surface area contributed by atoms with Crippen molar-refractivity contribution in [1.29, 1.82) is 0 Å². The quantitative estimate of drug-likeness (QED) is 0.442. The maximum absolute atomic E-state index is 12.7. The van der Waals surface area contributed by atoms with Crippen LogP contribution in [-0.4, -0.2) is 28.2 Å². The molecule has 26 heavy (non-hydrogen) atoms. The first-order valence-corrected chi connectivity index (χ1v) is 9.03. The Morgan fingerprint density at radius 3 is 2.23 bits per heavy atom. The van der Waals surface area contributed by atoms with Gasteiger partial charge in [0.15, 0.2) is 0 Å². The minimum atomic E-state index is -0.497. The number of carbonyl (C=O) groups is 2. The van der Waals surface area contributed by atoms with Gasteiger partial charge in [-0.15, -0.1) is 11.8 Å². The molecule has 1 heterocycles. The predicted octanol–water partition coefficient (Wildman–Crippen LogP) is 3.63. The largest absolute Gasteiger partial charge is 0.274 e. The van der Waals surface area contributed by atoms with Gasteiger partial charge < -0.3 is 0 Å². The third-order valence-corrected chi connectivity index (χ3v) is 5.18. The number of nitro benzene ring substituents is 1. The summed E-state index contributed by atoms with van der Waals surface area (Å²) in [5, 5.41) is 10.8. The third kappa shape index (κ3) is 3.39. The van der Waals surface area contributed by atoms with Crippen LogP contribution >= 0.6 is 11.8 Å². The van der Waals surface area contributed by atoms with Gasteiger partial charge in [-0.2, -0.15) is 0 Å². The highest BCUT2D eigenvalue weighted by Gasteiger charge is 2.38. The lowest BCUT2D eigenvalue weighted by atomic mass is 10.1. The van der Waals surface area contributed by atoms with E-state index in [0.717, 1.165) is 5.56 Å². The molecule has 7 heteroatoms. The molecule has 0 aliphatic carbocycles. The molecule has 0 spiro atoms. The van der Waals surface area contributed by atoms with Gasteiger partial charge in [0.1, 0.15) is 0 Å². The van der Waals surface area contributed by atoms with E-state index in [9.17, 15) is 19.7 Å². The number of likely N-dealkylation sites (N-methyl/N-ethyl adjacent to an activating group) is 1. The maximum Gasteiger partial charge on any atom is 0.269 e. The number of rotatable bonds is 6. The van der Waals surface area contributed by atoms with Crippen molar-refractivity contribution in [3.8, 4) is 0 Å². The summed E-state index contributed by atoms with van der Waals surface area (Å²) in [5.74, 6) is -0.114. The minimum absolute atomic E-state index is 0.0584. The van der Waals surface area contributed by atoms with Crippen molar-refractivity contribution in [3.63, 3.8) is 0 Å². The summed E-state index contributed by atoms with van der Waals surface area (Å²) in [7, 11) is 0. The Morgan fingerprint density at radius 2 is 1.65 bits per heavy atom. The molecule has 0 atom stereocenters. The fraction of sp³-hybridized carbons (Fsp3) is 0.158. The lowest BCUT2D eigenvalue weighted by Crippen LogP contribution is -2.31. The molecule has 2 aromatic rings. The van der Waals surface area contributed by atoms with E-state index >= 15 is 0 Å². The molecular formula is C19H16N2O4S. The van der Waals surface area contributed by atoms with E-state index in [2.05, 4.69) is 0 Å². The third-order valence-electron chi connectivity index (χ3n) is 4.03. The number of benzene rings is 2. The van der Waals surface area contributed by atoms with Gasteiger partial charge in [-0.05, 0) is 30.2 Å². The molecule has 0 unspecified atom stereocenters. The van der Waals surface area contributed by atoms with E-state index in [1.807, 2.05) is 30.3 Å². The van der Waals surface area contributed by atoms with Crippen LogP contribution < -0.4 is 0 Å². The Kier molecular flexibility index (Phi) is 5.18. The Bertz CT molecular complexity index is 892. The molecule has 0 N–H and O–H groups in total. The van der Waals surface area contributed by atoms with Crippen LogP contribution in [0, 0.1) is 10.1 Å². The fourth-order valence-corrected chi connectivity index (χ4v) is 3.80. The van der Waals surface area contributed by atoms with E-state index < -0.39 is 4.92 Å². The number of imide groups is 1. The molecule has 0 aromatic heterocycles. The van der Waals surface area contributed by atoms with Crippen molar-refractivity contribution in [2.45, 2.75) is 12.7 Å². The lowest BCUT2D eigenvalue weighted by molar-refractivity contribution is -0.384. The Hall–Kier alpha value is -2.93. The molecule has 2 aromatic carbocycles. The molecule has 0 bridgehead atoms. The molecule has 0 radical (unpaired) electrons. The van der Waals surface area contributed by atoms with Crippen molar-refractivity contribution in [3.05, 3.63) is 80.7 Å². The topological polar surface area (TPSA) is 80.5 Å². The Balaban J connectivity index is 1.97. The molecule has 3 rings (SSSR count). The average molecular weight is 368 g/mol. The molecule has 6 nitrogen and oxygen atoms in total. The molecule has 1 aliphatic heterocycles. The van der Waals surface area contributed by atoms with Gasteiger partial charge in [-0.3, -0.25) is 24.6 Å². The standard InChI is InChI=1S/C19H16N2O4S/c1-2-20-18(22)16(14-8-10-15(11-9-14)21(24)25)17(19(20)23)26-12-13-6-4-3-5-7-13/h3-11H,2,12H2,1H3. The molecule has 132 valence electrons. The van der Waals surface area contributed by atoms with Crippen LogP contribution in [0.15, 0.2) is 59.5 Å². The van der Waals surface area contributed by atoms with Gasteiger partial charge in [-0.1, -0.05) is 30.3 Å².